The van der Waals surface area contributed by atoms with E-state index in [-0.39, 0.29) is 0 Å². The first-order valence-corrected chi connectivity index (χ1v) is 11.5. The second-order valence-electron chi connectivity index (χ2n) is 8.60. The lowest BCUT2D eigenvalue weighted by Gasteiger charge is -2.18. The van der Waals surface area contributed by atoms with E-state index in [0.717, 1.165) is 44.4 Å². The van der Waals surface area contributed by atoms with Gasteiger partial charge in [0.25, 0.3) is 0 Å². The predicted molar refractivity (Wildman–Crippen MR) is 143 cm³/mol. The Morgan fingerprint density at radius 3 is 1.94 bits per heavy atom. The first-order valence-electron chi connectivity index (χ1n) is 11.5. The Morgan fingerprint density at radius 1 is 0.588 bits per heavy atom. The fraction of sp³-hybridized carbons (Fsp3) is 0.0323. The highest BCUT2D eigenvalue weighted by Crippen LogP contribution is 2.43. The molecule has 1 N–H and O–H groups in total. The molecule has 0 radical (unpaired) electrons. The Labute approximate surface area is 196 Å². The molecule has 0 aliphatic carbocycles. The van der Waals surface area contributed by atoms with Crippen LogP contribution in [-0.4, -0.2) is 11.6 Å². The Bertz CT molecular complexity index is 1800. The van der Waals surface area contributed by atoms with Crippen molar-refractivity contribution in [3.8, 4) is 16.8 Å². The summed E-state index contributed by atoms with van der Waals surface area (Å²) in [5, 5.41) is 8.21. The lowest BCUT2D eigenvalue weighted by molar-refractivity contribution is 0.670. The van der Waals surface area contributed by atoms with E-state index in [0.29, 0.717) is 0 Å². The lowest BCUT2D eigenvalue weighted by atomic mass is 9.98. The van der Waals surface area contributed by atoms with E-state index in [1.54, 1.807) is 0 Å². The van der Waals surface area contributed by atoms with Gasteiger partial charge >= 0.3 is 0 Å². The van der Waals surface area contributed by atoms with Crippen molar-refractivity contribution in [2.75, 3.05) is 12.4 Å². The van der Waals surface area contributed by atoms with Crippen molar-refractivity contribution in [3.05, 3.63) is 109 Å². The van der Waals surface area contributed by atoms with Crippen LogP contribution in [-0.2, 0) is 0 Å². The van der Waals surface area contributed by atoms with Gasteiger partial charge in [0, 0.05) is 45.4 Å². The summed E-state index contributed by atoms with van der Waals surface area (Å²) in [7, 11) is 1.98. The van der Waals surface area contributed by atoms with Crippen LogP contribution in [0.5, 0.6) is 0 Å². The number of rotatable bonds is 3. The molecule has 7 rings (SSSR count). The monoisotopic (exact) mass is 438 g/mol. The first-order chi connectivity index (χ1) is 16.8. The third-order valence-corrected chi connectivity index (χ3v) is 6.81. The van der Waals surface area contributed by atoms with Crippen molar-refractivity contribution in [2.45, 2.75) is 0 Å². The highest BCUT2D eigenvalue weighted by atomic mass is 16.3. The zero-order chi connectivity index (χ0) is 22.6. The number of hydrogen-bond acceptors (Lipinski definition) is 2. The van der Waals surface area contributed by atoms with Crippen LogP contribution in [0.25, 0.3) is 60.6 Å². The van der Waals surface area contributed by atoms with E-state index < -0.39 is 0 Å². The highest BCUT2D eigenvalue weighted by Gasteiger charge is 2.20. The number of benzene rings is 5. The molecule has 0 atom stereocenters. The van der Waals surface area contributed by atoms with E-state index in [9.17, 15) is 0 Å². The van der Waals surface area contributed by atoms with Crippen molar-refractivity contribution in [1.29, 1.82) is 0 Å². The third-order valence-electron chi connectivity index (χ3n) is 6.81. The van der Waals surface area contributed by atoms with Gasteiger partial charge in [0.15, 0.2) is 0 Å². The van der Waals surface area contributed by atoms with Crippen LogP contribution < -0.4 is 5.32 Å². The fourth-order valence-corrected chi connectivity index (χ4v) is 5.34. The molecular weight excluding hydrogens is 416 g/mol. The molecule has 0 saturated carbocycles. The third kappa shape index (κ3) is 2.58. The van der Waals surface area contributed by atoms with E-state index in [1.165, 1.54) is 21.8 Å². The van der Waals surface area contributed by atoms with Crippen LogP contribution in [0.4, 0.5) is 5.69 Å². The average molecular weight is 439 g/mol. The summed E-state index contributed by atoms with van der Waals surface area (Å²) in [6, 6.07) is 38.4. The number of hydrogen-bond donors (Lipinski definition) is 1. The van der Waals surface area contributed by atoms with Crippen LogP contribution in [0, 0.1) is 0 Å². The number of anilines is 1. The molecule has 5 aromatic carbocycles. The molecule has 0 aliphatic heterocycles. The minimum Gasteiger partial charge on any atom is -0.455 e. The topological polar surface area (TPSA) is 30.1 Å². The Balaban J connectivity index is 1.64. The van der Waals surface area contributed by atoms with Gasteiger partial charge < -0.3 is 14.3 Å². The molecule has 3 heteroatoms. The van der Waals surface area contributed by atoms with Crippen LogP contribution >= 0.6 is 0 Å². The van der Waals surface area contributed by atoms with Gasteiger partial charge in [-0.1, -0.05) is 78.9 Å². The number of furan rings is 1. The van der Waals surface area contributed by atoms with E-state index in [2.05, 4.69) is 107 Å². The Hall–Kier alpha value is -4.50. The van der Waals surface area contributed by atoms with Crippen molar-refractivity contribution in [1.82, 2.24) is 4.57 Å². The molecule has 0 fully saturated rings. The number of aromatic nitrogens is 1. The zero-order valence-electron chi connectivity index (χ0n) is 18.7. The predicted octanol–water partition coefficient (Wildman–Crippen LogP) is 8.39. The molecule has 34 heavy (non-hydrogen) atoms. The largest absolute Gasteiger partial charge is 0.455 e. The van der Waals surface area contributed by atoms with Gasteiger partial charge in [-0.2, -0.15) is 0 Å². The maximum absolute atomic E-state index is 6.45. The molecule has 162 valence electrons. The van der Waals surface area contributed by atoms with Gasteiger partial charge in [0.2, 0.25) is 0 Å². The van der Waals surface area contributed by atoms with Gasteiger partial charge in [-0.15, -0.1) is 0 Å². The molecule has 0 unspecified atom stereocenters. The zero-order valence-corrected chi connectivity index (χ0v) is 18.7. The summed E-state index contributed by atoms with van der Waals surface area (Å²) in [5.41, 5.74) is 8.59. The van der Waals surface area contributed by atoms with Gasteiger partial charge in [0.1, 0.15) is 11.2 Å². The molecule has 3 nitrogen and oxygen atoms in total. The lowest BCUT2D eigenvalue weighted by Crippen LogP contribution is -2.01. The number of para-hydroxylation sites is 4. The minimum absolute atomic E-state index is 0.908. The average Bonchev–Trinajstić information content (AvgIpc) is 3.44. The number of nitrogens with zero attached hydrogens (tertiary/aromatic N) is 1. The summed E-state index contributed by atoms with van der Waals surface area (Å²) in [4.78, 5) is 0. The van der Waals surface area contributed by atoms with E-state index >= 15 is 0 Å². The summed E-state index contributed by atoms with van der Waals surface area (Å²) < 4.78 is 8.83. The second-order valence-corrected chi connectivity index (χ2v) is 8.60. The van der Waals surface area contributed by atoms with Gasteiger partial charge in [-0.25, -0.2) is 0 Å². The molecule has 0 amide bonds. The minimum atomic E-state index is 0.908. The standard InChI is InChI=1S/C31H22N2O/c1-32-25-15-9-18-28(33-26-16-5-2-10-20(26)21-11-3-6-17-27(21)33)30(25)24-14-8-13-23-22-12-4-7-19-29(22)34-31(23)24/h2-19,32H,1H3. The van der Waals surface area contributed by atoms with E-state index in [1.807, 2.05) is 19.2 Å². The maximum Gasteiger partial charge on any atom is 0.143 e. The van der Waals surface area contributed by atoms with Crippen molar-refractivity contribution < 1.29 is 4.42 Å². The van der Waals surface area contributed by atoms with Crippen molar-refractivity contribution in [2.24, 2.45) is 0 Å². The smallest absolute Gasteiger partial charge is 0.143 e. The van der Waals surface area contributed by atoms with Crippen molar-refractivity contribution >= 4 is 49.4 Å². The Kier molecular flexibility index (Phi) is 4.06. The summed E-state index contributed by atoms with van der Waals surface area (Å²) in [5.74, 6) is 0. The van der Waals surface area contributed by atoms with E-state index in [4.69, 9.17) is 4.42 Å². The molecule has 0 bridgehead atoms. The number of fused-ring (bicyclic) bond motifs is 6. The maximum atomic E-state index is 6.45. The quantitative estimate of drug-likeness (QED) is 0.300. The van der Waals surface area contributed by atoms with Gasteiger partial charge in [-0.3, -0.25) is 0 Å². The van der Waals surface area contributed by atoms with Gasteiger partial charge in [-0.05, 0) is 30.3 Å². The van der Waals surface area contributed by atoms with Crippen LogP contribution in [0.3, 0.4) is 0 Å². The van der Waals surface area contributed by atoms with Gasteiger partial charge in [0.05, 0.1) is 16.7 Å². The normalized spacial score (nSPS) is 11.7. The molecule has 2 aromatic heterocycles. The summed E-state index contributed by atoms with van der Waals surface area (Å²) in [6.07, 6.45) is 0. The first kappa shape index (κ1) is 19.0. The summed E-state index contributed by atoms with van der Waals surface area (Å²) >= 11 is 0. The van der Waals surface area contributed by atoms with Crippen LogP contribution in [0.1, 0.15) is 0 Å². The SMILES string of the molecule is CNc1cccc(-n2c3ccccc3c3ccccc32)c1-c1cccc2c1oc1ccccc12. The number of nitrogens with one attached hydrogen (secondary N) is 1. The molecule has 7 aromatic rings. The molecule has 0 spiro atoms. The molecule has 2 heterocycles. The van der Waals surface area contributed by atoms with Crippen LogP contribution in [0.15, 0.2) is 114 Å². The molecule has 0 aliphatic rings. The fourth-order valence-electron chi connectivity index (χ4n) is 5.34. The summed E-state index contributed by atoms with van der Waals surface area (Å²) in [6.45, 7) is 0. The second kappa shape index (κ2) is 7.26. The van der Waals surface area contributed by atoms with Crippen molar-refractivity contribution in [3.63, 3.8) is 0 Å². The highest BCUT2D eigenvalue weighted by molar-refractivity contribution is 6.13. The molecular formula is C31H22N2O. The molecule has 0 saturated heterocycles. The Morgan fingerprint density at radius 2 is 1.21 bits per heavy atom. The van der Waals surface area contributed by atoms with Crippen LogP contribution in [0.2, 0.25) is 0 Å².